The maximum absolute atomic E-state index is 12.6. The normalized spacial score (nSPS) is 13.2. The molecule has 1 heterocycles. The number of nitrogens with one attached hydrogen (secondary N) is 1. The summed E-state index contributed by atoms with van der Waals surface area (Å²) >= 11 is 6.08. The van der Waals surface area contributed by atoms with Crippen LogP contribution < -0.4 is 4.47 Å². The summed E-state index contributed by atoms with van der Waals surface area (Å²) in [6.07, 6.45) is 1.44. The summed E-state index contributed by atoms with van der Waals surface area (Å²) in [4.78, 5) is 4.08. The monoisotopic (exact) mass is 348 g/mol. The second kappa shape index (κ2) is 5.90. The van der Waals surface area contributed by atoms with Crippen molar-refractivity contribution in [1.82, 2.24) is 4.98 Å². The summed E-state index contributed by atoms with van der Waals surface area (Å²) in [6.45, 7) is 1.84. The van der Waals surface area contributed by atoms with Crippen LogP contribution >= 0.6 is 11.6 Å². The van der Waals surface area contributed by atoms with Gasteiger partial charge in [-0.15, -0.1) is 0 Å². The van der Waals surface area contributed by atoms with E-state index in [1.165, 1.54) is 24.4 Å². The smallest absolute Gasteiger partial charge is 0.330 e. The highest BCUT2D eigenvalue weighted by Gasteiger charge is 2.26. The zero-order valence-electron chi connectivity index (χ0n) is 12.2. The molecule has 1 atom stereocenters. The molecule has 7 heteroatoms. The van der Waals surface area contributed by atoms with Crippen LogP contribution in [0.25, 0.3) is 10.9 Å². The molecule has 5 nitrogen and oxygen atoms in total. The number of quaternary nitrogens is 1. The van der Waals surface area contributed by atoms with Gasteiger partial charge in [-0.2, -0.15) is 8.42 Å². The fraction of sp³-hybridized carbons (Fsp3) is 0.0625. The Morgan fingerprint density at radius 2 is 1.78 bits per heavy atom. The summed E-state index contributed by atoms with van der Waals surface area (Å²) in [5.41, 5.74) is 1.21. The lowest BCUT2D eigenvalue weighted by Gasteiger charge is -2.22. The van der Waals surface area contributed by atoms with E-state index in [1.807, 2.05) is 6.92 Å². The van der Waals surface area contributed by atoms with Crippen LogP contribution in [0.3, 0.4) is 0 Å². The third-order valence-corrected chi connectivity index (χ3v) is 5.44. The summed E-state index contributed by atoms with van der Waals surface area (Å²) < 4.78 is 24.1. The number of aryl methyl sites for hydroxylation is 1. The molecule has 0 aliphatic carbocycles. The minimum absolute atomic E-state index is 0.0191. The van der Waals surface area contributed by atoms with Crippen LogP contribution in [0.2, 0.25) is 5.02 Å². The molecule has 0 aliphatic rings. The van der Waals surface area contributed by atoms with Crippen molar-refractivity contribution in [2.24, 2.45) is 0 Å². The lowest BCUT2D eigenvalue weighted by molar-refractivity contribution is -0.623. The number of sulfonamides is 1. The van der Waals surface area contributed by atoms with E-state index in [1.54, 1.807) is 30.3 Å². The minimum Gasteiger partial charge on any atom is -0.612 e. The molecule has 1 aromatic heterocycles. The van der Waals surface area contributed by atoms with Gasteiger partial charge < -0.3 is 5.21 Å². The highest BCUT2D eigenvalue weighted by Crippen LogP contribution is 2.25. The Kier molecular flexibility index (Phi) is 4.08. The molecule has 0 fully saturated rings. The third kappa shape index (κ3) is 2.82. The van der Waals surface area contributed by atoms with Crippen LogP contribution in [-0.2, 0) is 10.0 Å². The van der Waals surface area contributed by atoms with E-state index in [4.69, 9.17) is 11.6 Å². The quantitative estimate of drug-likeness (QED) is 0.738. The van der Waals surface area contributed by atoms with Crippen molar-refractivity contribution >= 4 is 38.2 Å². The van der Waals surface area contributed by atoms with Gasteiger partial charge in [0.1, 0.15) is 10.4 Å². The molecule has 0 aliphatic heterocycles. The number of benzene rings is 2. The molecule has 118 valence electrons. The van der Waals surface area contributed by atoms with Gasteiger partial charge >= 0.3 is 10.0 Å². The summed E-state index contributed by atoms with van der Waals surface area (Å²) in [5, 5.41) is 13.6. The summed E-state index contributed by atoms with van der Waals surface area (Å²) in [5.74, 6) is 0. The van der Waals surface area contributed by atoms with Crippen LogP contribution in [0.1, 0.15) is 5.56 Å². The van der Waals surface area contributed by atoms with Crippen LogP contribution in [0, 0.1) is 12.1 Å². The van der Waals surface area contributed by atoms with Gasteiger partial charge in [0.05, 0.1) is 5.02 Å². The number of fused-ring (bicyclic) bond motifs is 1. The number of nitrogens with zero attached hydrogens (tertiary/aromatic N) is 1. The van der Waals surface area contributed by atoms with Crippen molar-refractivity contribution in [3.05, 3.63) is 70.5 Å². The number of aromatic nitrogens is 1. The fourth-order valence-electron chi connectivity index (χ4n) is 2.28. The Bertz CT molecular complexity index is 972. The highest BCUT2D eigenvalue weighted by molar-refractivity contribution is 7.85. The third-order valence-electron chi connectivity index (χ3n) is 3.51. The van der Waals surface area contributed by atoms with Crippen LogP contribution in [0.5, 0.6) is 0 Å². The van der Waals surface area contributed by atoms with E-state index >= 15 is 0 Å². The van der Waals surface area contributed by atoms with E-state index < -0.39 is 14.5 Å². The second-order valence-electron chi connectivity index (χ2n) is 5.10. The van der Waals surface area contributed by atoms with E-state index in [9.17, 15) is 13.6 Å². The van der Waals surface area contributed by atoms with Gasteiger partial charge in [0, 0.05) is 17.6 Å². The molecule has 3 rings (SSSR count). The van der Waals surface area contributed by atoms with Gasteiger partial charge in [0.25, 0.3) is 0 Å². The molecule has 0 saturated carbocycles. The fourth-order valence-corrected chi connectivity index (χ4v) is 3.65. The first-order valence-corrected chi connectivity index (χ1v) is 8.67. The number of rotatable bonds is 3. The zero-order chi connectivity index (χ0) is 16.6. The molecule has 0 saturated heterocycles. The SMILES string of the molecule is Cc1ccc(S(=O)(=O)[NH+]([O-])c2cccc3c(Cl)ccnc23)cc1. The Labute approximate surface area is 138 Å². The Morgan fingerprint density at radius 3 is 2.48 bits per heavy atom. The average molecular weight is 349 g/mol. The lowest BCUT2D eigenvalue weighted by atomic mass is 10.2. The standard InChI is InChI=1S/C16H13ClN2O3S/c1-11-5-7-12(8-6-11)23(21,22)19(20)15-4-2-3-13-14(17)9-10-18-16(13)15/h2-10,19H,1H3. The van der Waals surface area contributed by atoms with Gasteiger partial charge in [0.2, 0.25) is 0 Å². The molecule has 2 aromatic carbocycles. The number of hydrogen-bond acceptors (Lipinski definition) is 4. The molecule has 0 bridgehead atoms. The maximum atomic E-state index is 12.6. The zero-order valence-corrected chi connectivity index (χ0v) is 13.7. The number of hydrogen-bond donors (Lipinski definition) is 1. The largest absolute Gasteiger partial charge is 0.612 e. The molecular formula is C16H13ClN2O3S. The predicted octanol–water partition coefficient (Wildman–Crippen LogP) is 2.60. The molecule has 1 unspecified atom stereocenters. The minimum atomic E-state index is -4.14. The molecule has 1 N–H and O–H groups in total. The number of pyridine rings is 1. The van der Waals surface area contributed by atoms with E-state index in [-0.39, 0.29) is 16.1 Å². The molecule has 3 aromatic rings. The number of para-hydroxylation sites is 1. The summed E-state index contributed by atoms with van der Waals surface area (Å²) in [6, 6.07) is 12.5. The van der Waals surface area contributed by atoms with Gasteiger partial charge in [-0.05, 0) is 25.1 Å². The average Bonchev–Trinajstić information content (AvgIpc) is 2.54. The van der Waals surface area contributed by atoms with Gasteiger partial charge in [-0.25, -0.2) is 9.45 Å². The first kappa shape index (κ1) is 15.9. The van der Waals surface area contributed by atoms with Gasteiger partial charge in [-0.1, -0.05) is 41.4 Å². The van der Waals surface area contributed by atoms with Crippen LogP contribution in [-0.4, -0.2) is 13.4 Å². The maximum Gasteiger partial charge on any atom is 0.330 e. The van der Waals surface area contributed by atoms with Crippen molar-refractivity contribution in [2.75, 3.05) is 0 Å². The Balaban J connectivity index is 2.15. The van der Waals surface area contributed by atoms with Gasteiger partial charge in [-0.3, -0.25) is 0 Å². The first-order chi connectivity index (χ1) is 10.9. The Hall–Kier alpha value is -1.99. The van der Waals surface area contributed by atoms with E-state index in [0.29, 0.717) is 10.4 Å². The van der Waals surface area contributed by atoms with Crippen molar-refractivity contribution in [3.8, 4) is 0 Å². The topological polar surface area (TPSA) is 74.5 Å². The predicted molar refractivity (Wildman–Crippen MR) is 89.1 cm³/mol. The molecular weight excluding hydrogens is 336 g/mol. The second-order valence-corrected chi connectivity index (χ2v) is 7.35. The van der Waals surface area contributed by atoms with Crippen LogP contribution in [0.15, 0.2) is 59.6 Å². The molecule has 0 amide bonds. The van der Waals surface area contributed by atoms with E-state index in [2.05, 4.69) is 4.98 Å². The highest BCUT2D eigenvalue weighted by atomic mass is 35.5. The van der Waals surface area contributed by atoms with Crippen LogP contribution in [0.4, 0.5) is 5.69 Å². The van der Waals surface area contributed by atoms with Crippen molar-refractivity contribution in [3.63, 3.8) is 0 Å². The first-order valence-electron chi connectivity index (χ1n) is 6.80. The Morgan fingerprint density at radius 1 is 1.09 bits per heavy atom. The molecule has 0 spiro atoms. The van der Waals surface area contributed by atoms with Crippen molar-refractivity contribution in [1.29, 1.82) is 0 Å². The van der Waals surface area contributed by atoms with Gasteiger partial charge in [0.15, 0.2) is 5.69 Å². The lowest BCUT2D eigenvalue weighted by Crippen LogP contribution is -3.04. The molecule has 23 heavy (non-hydrogen) atoms. The van der Waals surface area contributed by atoms with E-state index in [0.717, 1.165) is 5.56 Å². The summed E-state index contributed by atoms with van der Waals surface area (Å²) in [7, 11) is -4.14. The molecule has 0 radical (unpaired) electrons. The van der Waals surface area contributed by atoms with Crippen molar-refractivity contribution < 1.29 is 12.9 Å². The number of halogens is 1. The van der Waals surface area contributed by atoms with Crippen molar-refractivity contribution in [2.45, 2.75) is 11.8 Å².